The van der Waals surface area contributed by atoms with Gasteiger partial charge in [0, 0.05) is 19.7 Å². The Morgan fingerprint density at radius 1 is 1.22 bits per heavy atom. The summed E-state index contributed by atoms with van der Waals surface area (Å²) < 4.78 is 13.5. The van der Waals surface area contributed by atoms with Crippen LogP contribution in [0, 0.1) is 13.8 Å². The van der Waals surface area contributed by atoms with Gasteiger partial charge in [-0.05, 0) is 50.3 Å². The number of benzene rings is 1. The van der Waals surface area contributed by atoms with E-state index in [2.05, 4.69) is 57.0 Å². The van der Waals surface area contributed by atoms with Crippen LogP contribution in [-0.4, -0.2) is 65.4 Å². The molecule has 0 bridgehead atoms. The van der Waals surface area contributed by atoms with E-state index in [1.807, 2.05) is 6.92 Å². The molecule has 2 aromatic rings. The lowest BCUT2D eigenvalue weighted by molar-refractivity contribution is -0.119. The van der Waals surface area contributed by atoms with Crippen LogP contribution in [0.4, 0.5) is 5.95 Å². The van der Waals surface area contributed by atoms with E-state index in [4.69, 9.17) is 9.47 Å². The second-order valence-electron chi connectivity index (χ2n) is 8.55. The minimum atomic E-state index is -0.0453. The van der Waals surface area contributed by atoms with Crippen LogP contribution in [0.5, 0.6) is 0 Å². The predicted octanol–water partition coefficient (Wildman–Crippen LogP) is 2.88. The summed E-state index contributed by atoms with van der Waals surface area (Å²) in [5.41, 5.74) is 3.60. The summed E-state index contributed by atoms with van der Waals surface area (Å²) in [6.07, 6.45) is 2.29. The van der Waals surface area contributed by atoms with E-state index in [-0.39, 0.29) is 18.1 Å². The van der Waals surface area contributed by atoms with Crippen molar-refractivity contribution in [3.05, 3.63) is 34.9 Å². The van der Waals surface area contributed by atoms with Crippen LogP contribution in [-0.2, 0) is 20.8 Å². The zero-order valence-corrected chi connectivity index (χ0v) is 20.0. The number of amides is 1. The first kappa shape index (κ1) is 23.1. The molecule has 2 aliphatic rings. The first-order chi connectivity index (χ1) is 15.5. The van der Waals surface area contributed by atoms with Crippen molar-refractivity contribution in [2.45, 2.75) is 57.5 Å². The van der Waals surface area contributed by atoms with E-state index < -0.39 is 0 Å². The van der Waals surface area contributed by atoms with Crippen LogP contribution >= 0.6 is 11.8 Å². The summed E-state index contributed by atoms with van der Waals surface area (Å²) in [6, 6.07) is 6.27. The molecule has 1 amide bonds. The molecule has 1 N–H and O–H groups in total. The minimum Gasteiger partial charge on any atom is -0.378 e. The summed E-state index contributed by atoms with van der Waals surface area (Å²) in [5, 5.41) is 12.8. The highest BCUT2D eigenvalue weighted by Gasteiger charge is 2.25. The van der Waals surface area contributed by atoms with Crippen LogP contribution in [0.1, 0.15) is 42.5 Å². The van der Waals surface area contributed by atoms with E-state index >= 15 is 0 Å². The van der Waals surface area contributed by atoms with Gasteiger partial charge in [-0.2, -0.15) is 0 Å². The van der Waals surface area contributed by atoms with Gasteiger partial charge in [-0.25, -0.2) is 0 Å². The Labute approximate surface area is 194 Å². The average molecular weight is 460 g/mol. The van der Waals surface area contributed by atoms with E-state index in [0.717, 1.165) is 49.2 Å². The molecule has 4 rings (SSSR count). The average Bonchev–Trinajstić information content (AvgIpc) is 3.45. The molecular formula is C23H33N5O3S. The summed E-state index contributed by atoms with van der Waals surface area (Å²) in [5.74, 6) is 1.12. The third kappa shape index (κ3) is 5.63. The second kappa shape index (κ2) is 10.7. The fourth-order valence-corrected chi connectivity index (χ4v) is 4.82. The number of carbonyl (C=O) groups is 1. The van der Waals surface area contributed by atoms with Crippen molar-refractivity contribution in [2.24, 2.45) is 0 Å². The predicted molar refractivity (Wildman–Crippen MR) is 125 cm³/mol. The number of ether oxygens (including phenoxy) is 2. The number of hydrogen-bond donors (Lipinski definition) is 1. The second-order valence-corrected chi connectivity index (χ2v) is 9.49. The molecule has 1 aromatic carbocycles. The lowest BCUT2D eigenvalue weighted by Gasteiger charge is -2.28. The number of rotatable bonds is 8. The van der Waals surface area contributed by atoms with Gasteiger partial charge in [0.15, 0.2) is 5.16 Å². The number of hydrogen-bond acceptors (Lipinski definition) is 7. The maximum atomic E-state index is 12.7. The van der Waals surface area contributed by atoms with Gasteiger partial charge in [0.2, 0.25) is 11.9 Å². The van der Waals surface area contributed by atoms with Crippen molar-refractivity contribution in [1.82, 2.24) is 20.1 Å². The molecule has 0 radical (unpaired) electrons. The Hall–Kier alpha value is -2.10. The third-order valence-corrected chi connectivity index (χ3v) is 7.11. The lowest BCUT2D eigenvalue weighted by Crippen LogP contribution is -2.38. The number of anilines is 1. The number of carbonyl (C=O) groups excluding carboxylic acids is 1. The van der Waals surface area contributed by atoms with Gasteiger partial charge in [-0.3, -0.25) is 9.36 Å². The van der Waals surface area contributed by atoms with Crippen LogP contribution in [0.2, 0.25) is 0 Å². The first-order valence-corrected chi connectivity index (χ1v) is 12.4. The van der Waals surface area contributed by atoms with Crippen LogP contribution in [0.25, 0.3) is 0 Å². The number of thioether (sulfide) groups is 1. The molecule has 0 saturated carbocycles. The highest BCUT2D eigenvalue weighted by atomic mass is 32.2. The maximum Gasteiger partial charge on any atom is 0.230 e. The summed E-state index contributed by atoms with van der Waals surface area (Å²) in [6.45, 7) is 10.7. The SMILES string of the molecule is Cc1ccc(C(C)NC(=O)CSc2nnc(N3CCOCC3)n2CC2CCCO2)cc1C. The van der Waals surface area contributed by atoms with Crippen LogP contribution < -0.4 is 10.2 Å². The maximum absolute atomic E-state index is 12.7. The Bertz CT molecular complexity index is 922. The van der Waals surface area contributed by atoms with E-state index in [1.165, 1.54) is 22.9 Å². The first-order valence-electron chi connectivity index (χ1n) is 11.4. The molecule has 2 saturated heterocycles. The molecule has 2 aliphatic heterocycles. The van der Waals surface area contributed by atoms with Gasteiger partial charge in [0.25, 0.3) is 0 Å². The number of aryl methyl sites for hydroxylation is 2. The molecule has 0 spiro atoms. The molecule has 1 aromatic heterocycles. The number of nitrogens with one attached hydrogen (secondary N) is 1. The highest BCUT2D eigenvalue weighted by molar-refractivity contribution is 7.99. The van der Waals surface area contributed by atoms with Crippen LogP contribution in [0.3, 0.4) is 0 Å². The fraction of sp³-hybridized carbons (Fsp3) is 0.609. The Balaban J connectivity index is 1.40. The minimum absolute atomic E-state index is 0.0136. The van der Waals surface area contributed by atoms with Gasteiger partial charge in [0.05, 0.1) is 37.7 Å². The van der Waals surface area contributed by atoms with Crippen molar-refractivity contribution >= 4 is 23.6 Å². The molecule has 2 atom stereocenters. The Kier molecular flexibility index (Phi) is 7.70. The molecule has 32 heavy (non-hydrogen) atoms. The van der Waals surface area contributed by atoms with Crippen molar-refractivity contribution < 1.29 is 14.3 Å². The van der Waals surface area contributed by atoms with Crippen molar-refractivity contribution in [2.75, 3.05) is 43.6 Å². The van der Waals surface area contributed by atoms with Crippen molar-refractivity contribution in [3.8, 4) is 0 Å². The zero-order chi connectivity index (χ0) is 22.5. The molecular weight excluding hydrogens is 426 g/mol. The Morgan fingerprint density at radius 3 is 2.75 bits per heavy atom. The summed E-state index contributed by atoms with van der Waals surface area (Å²) in [4.78, 5) is 14.9. The van der Waals surface area contributed by atoms with E-state index in [1.54, 1.807) is 0 Å². The molecule has 3 heterocycles. The number of nitrogens with zero attached hydrogens (tertiary/aromatic N) is 4. The van der Waals surface area contributed by atoms with Crippen molar-refractivity contribution in [1.29, 1.82) is 0 Å². The lowest BCUT2D eigenvalue weighted by atomic mass is 10.0. The van der Waals surface area contributed by atoms with Gasteiger partial charge in [-0.1, -0.05) is 30.0 Å². The smallest absolute Gasteiger partial charge is 0.230 e. The molecule has 0 aliphatic carbocycles. The van der Waals surface area contributed by atoms with Gasteiger partial charge in [-0.15, -0.1) is 10.2 Å². The fourth-order valence-electron chi connectivity index (χ4n) is 4.07. The topological polar surface area (TPSA) is 81.5 Å². The third-order valence-electron chi connectivity index (χ3n) is 6.14. The van der Waals surface area contributed by atoms with E-state index in [9.17, 15) is 4.79 Å². The van der Waals surface area contributed by atoms with Gasteiger partial charge < -0.3 is 19.7 Å². The normalized spacial score (nSPS) is 19.8. The van der Waals surface area contributed by atoms with Gasteiger partial charge >= 0.3 is 0 Å². The number of aromatic nitrogens is 3. The standard InChI is InChI=1S/C23H33N5O3S/c1-16-6-7-19(13-17(16)2)18(3)24-21(29)15-32-23-26-25-22(27-8-11-30-12-9-27)28(23)14-20-5-4-10-31-20/h6-7,13,18,20H,4-5,8-12,14-15H2,1-3H3,(H,24,29). The largest absolute Gasteiger partial charge is 0.378 e. The van der Waals surface area contributed by atoms with Crippen LogP contribution in [0.15, 0.2) is 23.4 Å². The van der Waals surface area contributed by atoms with Gasteiger partial charge in [0.1, 0.15) is 0 Å². The highest BCUT2D eigenvalue weighted by Crippen LogP contribution is 2.26. The molecule has 8 nitrogen and oxygen atoms in total. The quantitative estimate of drug-likeness (QED) is 0.608. The molecule has 2 fully saturated rings. The van der Waals surface area contributed by atoms with Crippen molar-refractivity contribution in [3.63, 3.8) is 0 Å². The summed E-state index contributed by atoms with van der Waals surface area (Å²) in [7, 11) is 0. The Morgan fingerprint density at radius 2 is 2.03 bits per heavy atom. The monoisotopic (exact) mass is 459 g/mol. The molecule has 2 unspecified atom stereocenters. The summed E-state index contributed by atoms with van der Waals surface area (Å²) >= 11 is 1.43. The number of morpholine rings is 1. The zero-order valence-electron chi connectivity index (χ0n) is 19.2. The molecule has 174 valence electrons. The molecule has 9 heteroatoms. The van der Waals surface area contributed by atoms with E-state index in [0.29, 0.717) is 25.5 Å².